The molecule has 0 aliphatic carbocycles. The van der Waals surface area contributed by atoms with Gasteiger partial charge in [0.1, 0.15) is 18.2 Å². The van der Waals surface area contributed by atoms with E-state index in [0.717, 1.165) is 15.7 Å². The van der Waals surface area contributed by atoms with Crippen LogP contribution in [0.4, 0.5) is 9.52 Å². The van der Waals surface area contributed by atoms with Crippen LogP contribution in [0.25, 0.3) is 0 Å². The molecule has 0 radical (unpaired) electrons. The Kier molecular flexibility index (Phi) is 3.53. The van der Waals surface area contributed by atoms with E-state index in [2.05, 4.69) is 15.5 Å². The summed E-state index contributed by atoms with van der Waals surface area (Å²) < 4.78 is 18.4. The monoisotopic (exact) mass is 253 g/mol. The first-order valence-corrected chi connectivity index (χ1v) is 5.90. The molecular weight excluding hydrogens is 241 g/mol. The Bertz CT molecular complexity index is 515. The molecule has 0 atom stereocenters. The third-order valence-electron chi connectivity index (χ3n) is 2.17. The van der Waals surface area contributed by atoms with Gasteiger partial charge >= 0.3 is 0 Å². The second-order valence-electron chi connectivity index (χ2n) is 3.45. The Balaban J connectivity index is 2.02. The zero-order valence-electron chi connectivity index (χ0n) is 9.53. The minimum atomic E-state index is -0.261. The molecule has 0 fully saturated rings. The number of nitrogens with one attached hydrogen (secondary N) is 1. The number of hydrogen-bond donors (Lipinski definition) is 1. The van der Waals surface area contributed by atoms with E-state index in [1.165, 1.54) is 23.5 Å². The van der Waals surface area contributed by atoms with Crippen LogP contribution in [0.1, 0.15) is 10.6 Å². The highest BCUT2D eigenvalue weighted by Gasteiger charge is 2.05. The fourth-order valence-electron chi connectivity index (χ4n) is 1.33. The Morgan fingerprint density at radius 1 is 1.41 bits per heavy atom. The Morgan fingerprint density at radius 2 is 2.24 bits per heavy atom. The van der Waals surface area contributed by atoms with Gasteiger partial charge in [-0.05, 0) is 30.7 Å². The second kappa shape index (κ2) is 5.09. The molecule has 17 heavy (non-hydrogen) atoms. The van der Waals surface area contributed by atoms with E-state index in [-0.39, 0.29) is 5.82 Å². The van der Waals surface area contributed by atoms with Crippen molar-refractivity contribution in [2.24, 2.45) is 0 Å². The highest BCUT2D eigenvalue weighted by Crippen LogP contribution is 2.21. The van der Waals surface area contributed by atoms with Crippen molar-refractivity contribution < 1.29 is 9.13 Å². The molecule has 0 aliphatic heterocycles. The second-order valence-corrected chi connectivity index (χ2v) is 4.51. The van der Waals surface area contributed by atoms with Gasteiger partial charge < -0.3 is 10.1 Å². The Hall–Kier alpha value is -1.69. The van der Waals surface area contributed by atoms with Crippen molar-refractivity contribution in [3.8, 4) is 5.75 Å². The van der Waals surface area contributed by atoms with Gasteiger partial charge in [-0.3, -0.25) is 0 Å². The van der Waals surface area contributed by atoms with E-state index >= 15 is 0 Å². The number of ether oxygens (including phenoxy) is 1. The minimum Gasteiger partial charge on any atom is -0.486 e. The predicted octanol–water partition coefficient (Wildman–Crippen LogP) is 2.61. The lowest BCUT2D eigenvalue weighted by atomic mass is 10.2. The highest BCUT2D eigenvalue weighted by molar-refractivity contribution is 7.15. The van der Waals surface area contributed by atoms with Crippen LogP contribution in [0.15, 0.2) is 18.2 Å². The molecule has 6 heteroatoms. The number of hydrogen-bond acceptors (Lipinski definition) is 5. The molecule has 1 aromatic heterocycles. The van der Waals surface area contributed by atoms with E-state index in [1.54, 1.807) is 20.0 Å². The maximum absolute atomic E-state index is 12.9. The van der Waals surface area contributed by atoms with Crippen molar-refractivity contribution in [2.45, 2.75) is 13.5 Å². The van der Waals surface area contributed by atoms with Gasteiger partial charge in [-0.15, -0.1) is 10.2 Å². The lowest BCUT2D eigenvalue weighted by Crippen LogP contribution is -1.96. The number of rotatable bonds is 4. The van der Waals surface area contributed by atoms with E-state index in [9.17, 15) is 4.39 Å². The summed E-state index contributed by atoms with van der Waals surface area (Å²) >= 11 is 1.43. The lowest BCUT2D eigenvalue weighted by Gasteiger charge is -2.06. The molecule has 0 saturated carbocycles. The summed E-state index contributed by atoms with van der Waals surface area (Å²) in [5.74, 6) is 0.399. The van der Waals surface area contributed by atoms with Crippen molar-refractivity contribution in [1.29, 1.82) is 0 Å². The van der Waals surface area contributed by atoms with Crippen LogP contribution in [-0.2, 0) is 6.61 Å². The average molecular weight is 253 g/mol. The Labute approximate surface area is 102 Å². The molecule has 2 rings (SSSR count). The zero-order chi connectivity index (χ0) is 12.3. The molecule has 4 nitrogen and oxygen atoms in total. The first-order chi connectivity index (χ1) is 8.19. The van der Waals surface area contributed by atoms with Gasteiger partial charge in [0.15, 0.2) is 5.01 Å². The molecule has 0 amide bonds. The molecule has 0 bridgehead atoms. The van der Waals surface area contributed by atoms with Crippen LogP contribution < -0.4 is 10.1 Å². The molecule has 0 unspecified atom stereocenters. The van der Waals surface area contributed by atoms with E-state index in [1.807, 2.05) is 0 Å². The highest BCUT2D eigenvalue weighted by atomic mass is 32.1. The number of anilines is 1. The van der Waals surface area contributed by atoms with Gasteiger partial charge in [0.25, 0.3) is 0 Å². The van der Waals surface area contributed by atoms with Crippen LogP contribution in [0.3, 0.4) is 0 Å². The molecule has 90 valence electrons. The maximum atomic E-state index is 12.9. The average Bonchev–Trinajstić information content (AvgIpc) is 2.76. The topological polar surface area (TPSA) is 47.0 Å². The normalized spacial score (nSPS) is 10.3. The largest absolute Gasteiger partial charge is 0.486 e. The summed E-state index contributed by atoms with van der Waals surface area (Å²) in [6, 6.07) is 4.43. The van der Waals surface area contributed by atoms with Crippen molar-refractivity contribution >= 4 is 16.5 Å². The first kappa shape index (κ1) is 11.8. The number of halogens is 1. The van der Waals surface area contributed by atoms with Crippen LogP contribution in [0, 0.1) is 12.7 Å². The van der Waals surface area contributed by atoms with Gasteiger partial charge in [-0.25, -0.2) is 4.39 Å². The van der Waals surface area contributed by atoms with Crippen molar-refractivity contribution in [3.05, 3.63) is 34.6 Å². The van der Waals surface area contributed by atoms with E-state index in [0.29, 0.717) is 12.4 Å². The predicted molar refractivity (Wildman–Crippen MR) is 64.9 cm³/mol. The molecule has 0 aliphatic rings. The summed E-state index contributed by atoms with van der Waals surface area (Å²) in [7, 11) is 1.79. The van der Waals surface area contributed by atoms with Crippen molar-refractivity contribution in [3.63, 3.8) is 0 Å². The zero-order valence-corrected chi connectivity index (χ0v) is 10.3. The van der Waals surface area contributed by atoms with Crippen LogP contribution >= 0.6 is 11.3 Å². The molecule has 1 heterocycles. The lowest BCUT2D eigenvalue weighted by molar-refractivity contribution is 0.302. The van der Waals surface area contributed by atoms with Gasteiger partial charge in [-0.1, -0.05) is 11.3 Å². The first-order valence-electron chi connectivity index (χ1n) is 5.08. The van der Waals surface area contributed by atoms with Crippen LogP contribution in [0.5, 0.6) is 5.75 Å². The minimum absolute atomic E-state index is 0.261. The van der Waals surface area contributed by atoms with Gasteiger partial charge in [-0.2, -0.15) is 0 Å². The quantitative estimate of drug-likeness (QED) is 0.909. The maximum Gasteiger partial charge on any atom is 0.205 e. The number of aryl methyl sites for hydroxylation is 1. The summed E-state index contributed by atoms with van der Waals surface area (Å²) in [6.45, 7) is 2.14. The van der Waals surface area contributed by atoms with Crippen LogP contribution in [-0.4, -0.2) is 17.2 Å². The van der Waals surface area contributed by atoms with Gasteiger partial charge in [0.2, 0.25) is 5.13 Å². The summed E-state index contributed by atoms with van der Waals surface area (Å²) in [6.07, 6.45) is 0. The van der Waals surface area contributed by atoms with Crippen LogP contribution in [0.2, 0.25) is 0 Å². The van der Waals surface area contributed by atoms with Gasteiger partial charge in [0, 0.05) is 7.05 Å². The molecule has 0 spiro atoms. The molecule has 0 saturated heterocycles. The molecule has 1 N–H and O–H groups in total. The Morgan fingerprint density at radius 3 is 2.88 bits per heavy atom. The fourth-order valence-corrected chi connectivity index (χ4v) is 1.93. The summed E-state index contributed by atoms with van der Waals surface area (Å²) in [5, 5.41) is 12.3. The fraction of sp³-hybridized carbons (Fsp3) is 0.273. The summed E-state index contributed by atoms with van der Waals surface area (Å²) in [5.41, 5.74) is 0.767. The number of aromatic nitrogens is 2. The standard InChI is InChI=1S/C11H12FN3OS/c1-7-5-8(12)3-4-9(7)16-6-10-14-15-11(13-2)17-10/h3-5H,6H2,1-2H3,(H,13,15). The smallest absolute Gasteiger partial charge is 0.205 e. The summed E-state index contributed by atoms with van der Waals surface area (Å²) in [4.78, 5) is 0. The number of benzene rings is 1. The van der Waals surface area contributed by atoms with E-state index < -0.39 is 0 Å². The third kappa shape index (κ3) is 2.91. The van der Waals surface area contributed by atoms with E-state index in [4.69, 9.17) is 4.74 Å². The SMILES string of the molecule is CNc1nnc(COc2ccc(F)cc2C)s1. The molecular formula is C11H12FN3OS. The number of nitrogens with zero attached hydrogens (tertiary/aromatic N) is 2. The molecule has 2 aromatic rings. The van der Waals surface area contributed by atoms with Crippen molar-refractivity contribution in [1.82, 2.24) is 10.2 Å². The molecule has 1 aromatic carbocycles. The van der Waals surface area contributed by atoms with Gasteiger partial charge in [0.05, 0.1) is 0 Å². The third-order valence-corrected chi connectivity index (χ3v) is 3.08. The van der Waals surface area contributed by atoms with Crippen molar-refractivity contribution in [2.75, 3.05) is 12.4 Å².